The first kappa shape index (κ1) is 11.5. The number of rotatable bonds is 5. The standard InChI is InChI=1S/C11H16N2O2/c1-8-3-2-4-10(5-8)15-7-9(14)6-11(12)13/h2-5,9,14H,6-7H2,1H3,(H3,12,13)/t9-/m1/s1. The molecule has 0 aliphatic heterocycles. The second-order valence-corrected chi connectivity index (χ2v) is 3.51. The first-order valence-corrected chi connectivity index (χ1v) is 4.78. The van der Waals surface area contributed by atoms with Crippen molar-refractivity contribution in [3.63, 3.8) is 0 Å². The van der Waals surface area contributed by atoms with Crippen LogP contribution in [0.15, 0.2) is 24.3 Å². The van der Waals surface area contributed by atoms with Crippen molar-refractivity contribution in [1.29, 1.82) is 5.41 Å². The van der Waals surface area contributed by atoms with Gasteiger partial charge in [0.1, 0.15) is 12.4 Å². The van der Waals surface area contributed by atoms with Crippen molar-refractivity contribution >= 4 is 5.84 Å². The normalized spacial score (nSPS) is 12.1. The van der Waals surface area contributed by atoms with Gasteiger partial charge in [-0.05, 0) is 24.6 Å². The van der Waals surface area contributed by atoms with E-state index in [2.05, 4.69) is 0 Å². The van der Waals surface area contributed by atoms with Gasteiger partial charge in [0.05, 0.1) is 11.9 Å². The van der Waals surface area contributed by atoms with Gasteiger partial charge in [-0.25, -0.2) is 0 Å². The van der Waals surface area contributed by atoms with Crippen LogP contribution in [-0.4, -0.2) is 23.7 Å². The van der Waals surface area contributed by atoms with Crippen molar-refractivity contribution in [2.45, 2.75) is 19.4 Å². The van der Waals surface area contributed by atoms with Crippen molar-refractivity contribution in [2.24, 2.45) is 5.73 Å². The van der Waals surface area contributed by atoms with Crippen molar-refractivity contribution in [1.82, 2.24) is 0 Å². The Labute approximate surface area is 89.2 Å². The number of aryl methyl sites for hydroxylation is 1. The molecule has 1 aromatic rings. The van der Waals surface area contributed by atoms with E-state index in [1.165, 1.54) is 0 Å². The van der Waals surface area contributed by atoms with Gasteiger partial charge in [-0.15, -0.1) is 0 Å². The molecule has 1 atom stereocenters. The zero-order chi connectivity index (χ0) is 11.3. The Morgan fingerprint density at radius 2 is 2.33 bits per heavy atom. The van der Waals surface area contributed by atoms with Gasteiger partial charge in [0.15, 0.2) is 0 Å². The third-order valence-electron chi connectivity index (χ3n) is 1.89. The third-order valence-corrected chi connectivity index (χ3v) is 1.89. The summed E-state index contributed by atoms with van der Waals surface area (Å²) in [6.07, 6.45) is -0.575. The average Bonchev–Trinajstić information content (AvgIpc) is 2.14. The van der Waals surface area contributed by atoms with Gasteiger partial charge in [0, 0.05) is 6.42 Å². The summed E-state index contributed by atoms with van der Waals surface area (Å²) in [5, 5.41) is 16.4. The summed E-state index contributed by atoms with van der Waals surface area (Å²) in [7, 11) is 0. The van der Waals surface area contributed by atoms with Crippen LogP contribution in [0.3, 0.4) is 0 Å². The van der Waals surface area contributed by atoms with Crippen molar-refractivity contribution < 1.29 is 9.84 Å². The summed E-state index contributed by atoms with van der Waals surface area (Å²) < 4.78 is 5.35. The number of hydrogen-bond donors (Lipinski definition) is 3. The molecule has 0 saturated heterocycles. The lowest BCUT2D eigenvalue weighted by Gasteiger charge is -2.11. The summed E-state index contributed by atoms with van der Waals surface area (Å²) in [5.74, 6) is 0.688. The Balaban J connectivity index is 2.40. The highest BCUT2D eigenvalue weighted by atomic mass is 16.5. The minimum Gasteiger partial charge on any atom is -0.491 e. The van der Waals surface area contributed by atoms with Crippen molar-refractivity contribution in [3.8, 4) is 5.75 Å². The van der Waals surface area contributed by atoms with Crippen LogP contribution >= 0.6 is 0 Å². The quantitative estimate of drug-likeness (QED) is 0.500. The van der Waals surface area contributed by atoms with Crippen molar-refractivity contribution in [2.75, 3.05) is 6.61 Å². The molecule has 0 fully saturated rings. The van der Waals surface area contributed by atoms with E-state index in [1.54, 1.807) is 0 Å². The smallest absolute Gasteiger partial charge is 0.119 e. The molecule has 0 saturated carbocycles. The molecule has 1 aromatic carbocycles. The molecule has 4 nitrogen and oxygen atoms in total. The van der Waals surface area contributed by atoms with E-state index in [9.17, 15) is 5.11 Å². The van der Waals surface area contributed by atoms with E-state index in [4.69, 9.17) is 15.9 Å². The maximum absolute atomic E-state index is 9.40. The first-order valence-electron chi connectivity index (χ1n) is 4.78. The number of nitrogens with two attached hydrogens (primary N) is 1. The van der Waals surface area contributed by atoms with E-state index >= 15 is 0 Å². The van der Waals surface area contributed by atoms with Gasteiger partial charge in [0.25, 0.3) is 0 Å². The molecule has 0 spiro atoms. The molecule has 1 rings (SSSR count). The Morgan fingerprint density at radius 1 is 1.60 bits per heavy atom. The zero-order valence-corrected chi connectivity index (χ0v) is 8.73. The van der Waals surface area contributed by atoms with Crippen molar-refractivity contribution in [3.05, 3.63) is 29.8 Å². The number of aliphatic hydroxyl groups is 1. The van der Waals surface area contributed by atoms with Crippen LogP contribution in [0.1, 0.15) is 12.0 Å². The highest BCUT2D eigenvalue weighted by molar-refractivity contribution is 5.77. The second-order valence-electron chi connectivity index (χ2n) is 3.51. The lowest BCUT2D eigenvalue weighted by molar-refractivity contribution is 0.113. The number of hydrogen-bond acceptors (Lipinski definition) is 3. The van der Waals surface area contributed by atoms with Gasteiger partial charge in [-0.2, -0.15) is 0 Å². The Kier molecular flexibility index (Phi) is 4.12. The lowest BCUT2D eigenvalue weighted by Crippen LogP contribution is -2.24. The van der Waals surface area contributed by atoms with Crippen LogP contribution in [0, 0.1) is 12.3 Å². The van der Waals surface area contributed by atoms with E-state index in [0.29, 0.717) is 0 Å². The van der Waals surface area contributed by atoms with Gasteiger partial charge in [0.2, 0.25) is 0 Å². The number of nitrogens with one attached hydrogen (secondary N) is 1. The molecule has 15 heavy (non-hydrogen) atoms. The van der Waals surface area contributed by atoms with Gasteiger partial charge in [-0.3, -0.25) is 5.41 Å². The van der Waals surface area contributed by atoms with Crippen LogP contribution in [-0.2, 0) is 0 Å². The Hall–Kier alpha value is -1.55. The maximum atomic E-state index is 9.40. The monoisotopic (exact) mass is 208 g/mol. The predicted octanol–water partition coefficient (Wildman–Crippen LogP) is 1.06. The van der Waals surface area contributed by atoms with E-state index in [-0.39, 0.29) is 18.9 Å². The van der Waals surface area contributed by atoms with Crippen LogP contribution in [0.5, 0.6) is 5.75 Å². The molecule has 0 bridgehead atoms. The Bertz CT molecular complexity index is 339. The average molecular weight is 208 g/mol. The highest BCUT2D eigenvalue weighted by Crippen LogP contribution is 2.12. The minimum absolute atomic E-state index is 0.0321. The van der Waals surface area contributed by atoms with Crippen LogP contribution in [0.2, 0.25) is 0 Å². The number of aliphatic hydroxyl groups excluding tert-OH is 1. The fourth-order valence-corrected chi connectivity index (χ4v) is 1.21. The summed E-state index contributed by atoms with van der Waals surface area (Å²) in [4.78, 5) is 0. The molecular formula is C11H16N2O2. The van der Waals surface area contributed by atoms with Crippen LogP contribution < -0.4 is 10.5 Å². The number of ether oxygens (including phenoxy) is 1. The SMILES string of the molecule is Cc1cccc(OC[C@H](O)CC(=N)N)c1. The summed E-state index contributed by atoms with van der Waals surface area (Å²) in [6.45, 7) is 2.13. The van der Waals surface area contributed by atoms with E-state index in [0.717, 1.165) is 11.3 Å². The molecule has 82 valence electrons. The molecule has 0 unspecified atom stereocenters. The van der Waals surface area contributed by atoms with Crippen LogP contribution in [0.4, 0.5) is 0 Å². The number of amidine groups is 1. The second kappa shape index (κ2) is 5.36. The van der Waals surface area contributed by atoms with Gasteiger partial charge in [-0.1, -0.05) is 12.1 Å². The zero-order valence-electron chi connectivity index (χ0n) is 8.73. The molecule has 0 aliphatic carbocycles. The van der Waals surface area contributed by atoms with E-state index < -0.39 is 6.10 Å². The maximum Gasteiger partial charge on any atom is 0.119 e. The molecule has 0 amide bonds. The number of benzene rings is 1. The molecule has 0 aliphatic rings. The molecule has 4 heteroatoms. The minimum atomic E-state index is -0.719. The fraction of sp³-hybridized carbons (Fsp3) is 0.364. The molecular weight excluding hydrogens is 192 g/mol. The summed E-state index contributed by atoms with van der Waals surface area (Å²) >= 11 is 0. The van der Waals surface area contributed by atoms with Gasteiger partial charge < -0.3 is 15.6 Å². The summed E-state index contributed by atoms with van der Waals surface area (Å²) in [6, 6.07) is 7.58. The molecule has 0 aromatic heterocycles. The molecule has 4 N–H and O–H groups in total. The topological polar surface area (TPSA) is 79.3 Å². The first-order chi connectivity index (χ1) is 7.08. The highest BCUT2D eigenvalue weighted by Gasteiger charge is 2.06. The van der Waals surface area contributed by atoms with E-state index in [1.807, 2.05) is 31.2 Å². The summed E-state index contributed by atoms with van der Waals surface area (Å²) in [5.41, 5.74) is 6.26. The third kappa shape index (κ3) is 4.46. The van der Waals surface area contributed by atoms with Gasteiger partial charge >= 0.3 is 0 Å². The fourth-order valence-electron chi connectivity index (χ4n) is 1.21. The van der Waals surface area contributed by atoms with Crippen LogP contribution in [0.25, 0.3) is 0 Å². The molecule has 0 radical (unpaired) electrons. The predicted molar refractivity (Wildman–Crippen MR) is 59.2 cm³/mol. The lowest BCUT2D eigenvalue weighted by atomic mass is 10.2. The largest absolute Gasteiger partial charge is 0.491 e. The molecule has 0 heterocycles. The Morgan fingerprint density at radius 3 is 2.93 bits per heavy atom.